The largest absolute Gasteiger partial charge is 0.396 e. The van der Waals surface area contributed by atoms with E-state index >= 15 is 0 Å². The summed E-state index contributed by atoms with van der Waals surface area (Å²) in [5.74, 6) is -0.364. The first-order valence-corrected chi connectivity index (χ1v) is 5.65. The monoisotopic (exact) mass is 221 g/mol. The Morgan fingerprint density at radius 3 is 2.69 bits per heavy atom. The SMILES string of the molecule is Cc1ccc(C(N)=O)c(CCCCCO)c1. The van der Waals surface area contributed by atoms with E-state index in [1.54, 1.807) is 6.07 Å². The summed E-state index contributed by atoms with van der Waals surface area (Å²) < 4.78 is 0. The van der Waals surface area contributed by atoms with Crippen LogP contribution in [0.1, 0.15) is 40.7 Å². The molecule has 0 heterocycles. The quantitative estimate of drug-likeness (QED) is 0.719. The van der Waals surface area contributed by atoms with Gasteiger partial charge < -0.3 is 10.8 Å². The van der Waals surface area contributed by atoms with Gasteiger partial charge in [-0.05, 0) is 37.8 Å². The van der Waals surface area contributed by atoms with Crippen molar-refractivity contribution in [1.29, 1.82) is 0 Å². The Balaban J connectivity index is 2.68. The molecule has 0 saturated heterocycles. The minimum Gasteiger partial charge on any atom is -0.396 e. The van der Waals surface area contributed by atoms with Gasteiger partial charge in [0.05, 0.1) is 0 Å². The molecule has 3 nitrogen and oxygen atoms in total. The Hall–Kier alpha value is -1.35. The van der Waals surface area contributed by atoms with Crippen molar-refractivity contribution in [3.8, 4) is 0 Å². The van der Waals surface area contributed by atoms with Crippen LogP contribution in [0.25, 0.3) is 0 Å². The van der Waals surface area contributed by atoms with Crippen LogP contribution in [0.5, 0.6) is 0 Å². The van der Waals surface area contributed by atoms with Gasteiger partial charge in [0.2, 0.25) is 5.91 Å². The van der Waals surface area contributed by atoms with Crippen LogP contribution in [0.3, 0.4) is 0 Å². The number of unbranched alkanes of at least 4 members (excludes halogenated alkanes) is 2. The van der Waals surface area contributed by atoms with Gasteiger partial charge in [-0.15, -0.1) is 0 Å². The lowest BCUT2D eigenvalue weighted by Gasteiger charge is -2.07. The van der Waals surface area contributed by atoms with E-state index in [1.165, 1.54) is 0 Å². The molecule has 1 aromatic rings. The highest BCUT2D eigenvalue weighted by Crippen LogP contribution is 2.14. The molecule has 0 unspecified atom stereocenters. The Morgan fingerprint density at radius 1 is 1.31 bits per heavy atom. The molecule has 0 spiro atoms. The van der Waals surface area contributed by atoms with E-state index < -0.39 is 0 Å². The van der Waals surface area contributed by atoms with E-state index in [4.69, 9.17) is 10.8 Å². The fourth-order valence-electron chi connectivity index (χ4n) is 1.77. The lowest BCUT2D eigenvalue weighted by molar-refractivity contribution is 0.0999. The predicted molar refractivity (Wildman–Crippen MR) is 64.3 cm³/mol. The number of rotatable bonds is 6. The summed E-state index contributed by atoms with van der Waals surface area (Å²) in [6.45, 7) is 2.23. The summed E-state index contributed by atoms with van der Waals surface area (Å²) in [4.78, 5) is 11.2. The third-order valence-corrected chi connectivity index (χ3v) is 2.63. The van der Waals surface area contributed by atoms with Crippen molar-refractivity contribution in [1.82, 2.24) is 0 Å². The molecule has 1 aromatic carbocycles. The van der Waals surface area contributed by atoms with E-state index in [9.17, 15) is 4.79 Å². The van der Waals surface area contributed by atoms with Gasteiger partial charge >= 0.3 is 0 Å². The van der Waals surface area contributed by atoms with Crippen LogP contribution in [0.4, 0.5) is 0 Å². The first-order valence-electron chi connectivity index (χ1n) is 5.65. The molecular formula is C13H19NO2. The normalized spacial score (nSPS) is 10.4. The summed E-state index contributed by atoms with van der Waals surface area (Å²) in [5, 5.41) is 8.68. The maximum absolute atomic E-state index is 11.2. The van der Waals surface area contributed by atoms with Crippen LogP contribution >= 0.6 is 0 Å². The highest BCUT2D eigenvalue weighted by atomic mass is 16.2. The third kappa shape index (κ3) is 3.66. The molecule has 16 heavy (non-hydrogen) atoms. The second kappa shape index (κ2) is 6.28. The average molecular weight is 221 g/mol. The zero-order chi connectivity index (χ0) is 12.0. The Kier molecular flexibility index (Phi) is 4.99. The zero-order valence-corrected chi connectivity index (χ0v) is 9.70. The van der Waals surface area contributed by atoms with Gasteiger partial charge in [-0.3, -0.25) is 4.79 Å². The molecule has 0 saturated carbocycles. The Bertz CT molecular complexity index is 361. The predicted octanol–water partition coefficient (Wildman–Crippen LogP) is 1.80. The molecule has 0 fully saturated rings. The average Bonchev–Trinajstić information content (AvgIpc) is 2.24. The zero-order valence-electron chi connectivity index (χ0n) is 9.70. The minimum atomic E-state index is -0.364. The van der Waals surface area contributed by atoms with E-state index in [1.807, 2.05) is 19.1 Å². The number of hydrogen-bond acceptors (Lipinski definition) is 2. The topological polar surface area (TPSA) is 63.3 Å². The maximum atomic E-state index is 11.2. The number of aliphatic hydroxyl groups excluding tert-OH is 1. The third-order valence-electron chi connectivity index (χ3n) is 2.63. The summed E-state index contributed by atoms with van der Waals surface area (Å²) >= 11 is 0. The molecule has 0 bridgehead atoms. The smallest absolute Gasteiger partial charge is 0.248 e. The van der Waals surface area contributed by atoms with Gasteiger partial charge in [-0.2, -0.15) is 0 Å². The fraction of sp³-hybridized carbons (Fsp3) is 0.462. The first-order chi connectivity index (χ1) is 7.65. The van der Waals surface area contributed by atoms with Crippen LogP contribution in [0, 0.1) is 6.92 Å². The van der Waals surface area contributed by atoms with Crippen molar-refractivity contribution < 1.29 is 9.90 Å². The minimum absolute atomic E-state index is 0.233. The van der Waals surface area contributed by atoms with Crippen LogP contribution < -0.4 is 5.73 Å². The molecule has 0 atom stereocenters. The van der Waals surface area contributed by atoms with E-state index in [0.717, 1.165) is 36.8 Å². The highest BCUT2D eigenvalue weighted by Gasteiger charge is 2.07. The van der Waals surface area contributed by atoms with Crippen LogP contribution in [0.2, 0.25) is 0 Å². The van der Waals surface area contributed by atoms with Crippen molar-refractivity contribution in [2.75, 3.05) is 6.61 Å². The highest BCUT2D eigenvalue weighted by molar-refractivity contribution is 5.94. The molecule has 1 amide bonds. The molecule has 1 rings (SSSR count). The maximum Gasteiger partial charge on any atom is 0.248 e. The number of benzene rings is 1. The molecule has 0 aliphatic carbocycles. The van der Waals surface area contributed by atoms with Crippen molar-refractivity contribution >= 4 is 5.91 Å². The number of nitrogens with two attached hydrogens (primary N) is 1. The first kappa shape index (κ1) is 12.7. The summed E-state index contributed by atoms with van der Waals surface area (Å²) in [7, 11) is 0. The number of carbonyl (C=O) groups is 1. The number of aryl methyl sites for hydroxylation is 2. The lowest BCUT2D eigenvalue weighted by Crippen LogP contribution is -2.13. The molecule has 0 aliphatic rings. The molecular weight excluding hydrogens is 202 g/mol. The molecule has 0 aliphatic heterocycles. The molecule has 3 N–H and O–H groups in total. The number of carbonyl (C=O) groups excluding carboxylic acids is 1. The fourth-order valence-corrected chi connectivity index (χ4v) is 1.77. The van der Waals surface area contributed by atoms with Crippen molar-refractivity contribution in [3.63, 3.8) is 0 Å². The number of amides is 1. The Labute approximate surface area is 96.3 Å². The summed E-state index contributed by atoms with van der Waals surface area (Å²) in [6.07, 6.45) is 3.62. The van der Waals surface area contributed by atoms with Crippen LogP contribution in [0.15, 0.2) is 18.2 Å². The number of primary amides is 1. The van der Waals surface area contributed by atoms with Gasteiger partial charge in [0.1, 0.15) is 0 Å². The van der Waals surface area contributed by atoms with Gasteiger partial charge in [0.15, 0.2) is 0 Å². The molecule has 0 radical (unpaired) electrons. The van der Waals surface area contributed by atoms with Crippen molar-refractivity contribution in [2.45, 2.75) is 32.6 Å². The second-order valence-electron chi connectivity index (χ2n) is 4.06. The lowest BCUT2D eigenvalue weighted by atomic mass is 9.99. The summed E-state index contributed by atoms with van der Waals surface area (Å²) in [6, 6.07) is 5.70. The number of aliphatic hydroxyl groups is 1. The second-order valence-corrected chi connectivity index (χ2v) is 4.06. The van der Waals surface area contributed by atoms with E-state index in [2.05, 4.69) is 0 Å². The van der Waals surface area contributed by atoms with Crippen LogP contribution in [-0.4, -0.2) is 17.6 Å². The Morgan fingerprint density at radius 2 is 2.06 bits per heavy atom. The van der Waals surface area contributed by atoms with Crippen LogP contribution in [-0.2, 0) is 6.42 Å². The van der Waals surface area contributed by atoms with Crippen molar-refractivity contribution in [2.24, 2.45) is 5.73 Å². The molecule has 3 heteroatoms. The summed E-state index contributed by atoms with van der Waals surface area (Å²) in [5.41, 5.74) is 8.10. The van der Waals surface area contributed by atoms with E-state index in [-0.39, 0.29) is 12.5 Å². The van der Waals surface area contributed by atoms with Gasteiger partial charge in [0.25, 0.3) is 0 Å². The van der Waals surface area contributed by atoms with Crippen molar-refractivity contribution in [3.05, 3.63) is 34.9 Å². The van der Waals surface area contributed by atoms with Gasteiger partial charge in [0, 0.05) is 12.2 Å². The van der Waals surface area contributed by atoms with Gasteiger partial charge in [-0.1, -0.05) is 24.1 Å². The number of hydrogen-bond donors (Lipinski definition) is 2. The van der Waals surface area contributed by atoms with Gasteiger partial charge in [-0.25, -0.2) is 0 Å². The molecule has 0 aromatic heterocycles. The molecule has 88 valence electrons. The van der Waals surface area contributed by atoms with E-state index in [0.29, 0.717) is 5.56 Å². The standard InChI is InChI=1S/C13H19NO2/c1-10-6-7-12(13(14)16)11(9-10)5-3-2-4-8-15/h6-7,9,15H,2-5,8H2,1H3,(H2,14,16).